The molecule has 5 nitrogen and oxygen atoms in total. The zero-order valence-electron chi connectivity index (χ0n) is 18.1. The van der Waals surface area contributed by atoms with Gasteiger partial charge in [-0.2, -0.15) is 0 Å². The summed E-state index contributed by atoms with van der Waals surface area (Å²) in [6.45, 7) is 0. The van der Waals surface area contributed by atoms with Crippen LogP contribution in [-0.2, 0) is 18.3 Å². The largest absolute Gasteiger partial charge is 0.350 e. The van der Waals surface area contributed by atoms with Gasteiger partial charge in [0.2, 0.25) is 5.91 Å². The van der Waals surface area contributed by atoms with E-state index in [1.165, 1.54) is 16.5 Å². The standard InChI is InChI=1S/C27H26N4O/c1-31-18-20(21-13-5-8-16-24(21)31)12-9-17-25(32)30-26(19-10-3-2-4-11-19)27-28-22-14-6-7-15-23(22)29-27/h2-8,10-11,13-16,18,26H,9,12,17H2,1H3,(H,28,29)(H,30,32)/t26-/m0/s1. The van der Waals surface area contributed by atoms with Crippen LogP contribution in [0.15, 0.2) is 85.1 Å². The van der Waals surface area contributed by atoms with E-state index in [9.17, 15) is 4.79 Å². The molecule has 0 unspecified atom stereocenters. The maximum Gasteiger partial charge on any atom is 0.220 e. The average molecular weight is 423 g/mol. The normalized spacial score (nSPS) is 12.3. The van der Waals surface area contributed by atoms with E-state index in [1.807, 2.05) is 54.6 Å². The Morgan fingerprint density at radius 1 is 1.00 bits per heavy atom. The molecule has 2 heterocycles. The smallest absolute Gasteiger partial charge is 0.220 e. The van der Waals surface area contributed by atoms with Crippen molar-refractivity contribution in [2.24, 2.45) is 7.05 Å². The lowest BCUT2D eigenvalue weighted by Gasteiger charge is -2.17. The molecule has 1 atom stereocenters. The lowest BCUT2D eigenvalue weighted by Crippen LogP contribution is -2.30. The topological polar surface area (TPSA) is 62.7 Å². The lowest BCUT2D eigenvalue weighted by atomic mass is 10.0. The second-order valence-electron chi connectivity index (χ2n) is 8.19. The minimum absolute atomic E-state index is 0.0274. The highest BCUT2D eigenvalue weighted by Crippen LogP contribution is 2.24. The van der Waals surface area contributed by atoms with Gasteiger partial charge in [-0.15, -0.1) is 0 Å². The number of nitrogens with zero attached hydrogens (tertiary/aromatic N) is 2. The van der Waals surface area contributed by atoms with Crippen LogP contribution in [0.3, 0.4) is 0 Å². The molecule has 5 rings (SSSR count). The number of H-pyrrole nitrogens is 1. The maximum atomic E-state index is 12.9. The Morgan fingerprint density at radius 2 is 1.75 bits per heavy atom. The van der Waals surface area contributed by atoms with Crippen molar-refractivity contribution in [1.82, 2.24) is 19.9 Å². The number of amides is 1. The van der Waals surface area contributed by atoms with Crippen LogP contribution in [0.5, 0.6) is 0 Å². The van der Waals surface area contributed by atoms with E-state index in [1.54, 1.807) is 0 Å². The summed E-state index contributed by atoms with van der Waals surface area (Å²) in [5.41, 5.74) is 5.38. The number of fused-ring (bicyclic) bond motifs is 2. The van der Waals surface area contributed by atoms with Gasteiger partial charge in [0.15, 0.2) is 0 Å². The van der Waals surface area contributed by atoms with Gasteiger partial charge in [0.1, 0.15) is 11.9 Å². The minimum Gasteiger partial charge on any atom is -0.350 e. The van der Waals surface area contributed by atoms with Crippen LogP contribution in [-0.4, -0.2) is 20.4 Å². The van der Waals surface area contributed by atoms with Crippen LogP contribution in [0.2, 0.25) is 0 Å². The lowest BCUT2D eigenvalue weighted by molar-refractivity contribution is -0.121. The van der Waals surface area contributed by atoms with Crippen molar-refractivity contribution in [3.05, 3.63) is 102 Å². The van der Waals surface area contributed by atoms with E-state index in [0.29, 0.717) is 6.42 Å². The van der Waals surface area contributed by atoms with Crippen LogP contribution in [0.25, 0.3) is 21.9 Å². The van der Waals surface area contributed by atoms with Crippen molar-refractivity contribution in [3.63, 3.8) is 0 Å². The summed E-state index contributed by atoms with van der Waals surface area (Å²) in [7, 11) is 2.07. The molecule has 0 aliphatic rings. The van der Waals surface area contributed by atoms with Crippen molar-refractivity contribution in [2.45, 2.75) is 25.3 Å². The van der Waals surface area contributed by atoms with E-state index in [0.717, 1.165) is 35.3 Å². The highest BCUT2D eigenvalue weighted by Gasteiger charge is 2.20. The molecule has 0 saturated heterocycles. The SMILES string of the molecule is Cn1cc(CCCC(=O)N[C@@H](c2ccccc2)c2nc3ccccc3[nH]2)c2ccccc21. The van der Waals surface area contributed by atoms with E-state index in [2.05, 4.69) is 52.4 Å². The zero-order valence-corrected chi connectivity index (χ0v) is 18.1. The molecular formula is C27H26N4O. The molecule has 0 saturated carbocycles. The summed E-state index contributed by atoms with van der Waals surface area (Å²) in [5.74, 6) is 0.777. The number of hydrogen-bond acceptors (Lipinski definition) is 2. The average Bonchev–Trinajstić information content (AvgIpc) is 3.39. The third-order valence-corrected chi connectivity index (χ3v) is 5.95. The fraction of sp³-hybridized carbons (Fsp3) is 0.185. The third kappa shape index (κ3) is 4.02. The first-order valence-corrected chi connectivity index (χ1v) is 11.0. The molecule has 5 heteroatoms. The number of imidazole rings is 1. The summed E-state index contributed by atoms with van der Waals surface area (Å²) in [5, 5.41) is 4.47. The van der Waals surface area contributed by atoms with Crippen LogP contribution in [0.1, 0.15) is 35.8 Å². The van der Waals surface area contributed by atoms with Gasteiger partial charge in [0.25, 0.3) is 0 Å². The highest BCUT2D eigenvalue weighted by molar-refractivity contribution is 5.84. The Kier molecular flexibility index (Phi) is 5.46. The van der Waals surface area contributed by atoms with E-state index in [-0.39, 0.29) is 11.9 Å². The van der Waals surface area contributed by atoms with Gasteiger partial charge in [0.05, 0.1) is 11.0 Å². The van der Waals surface area contributed by atoms with Gasteiger partial charge in [-0.25, -0.2) is 4.98 Å². The molecule has 0 spiro atoms. The molecule has 3 aromatic carbocycles. The first-order chi connectivity index (χ1) is 15.7. The number of benzene rings is 3. The van der Waals surface area contributed by atoms with Crippen LogP contribution in [0, 0.1) is 0 Å². The van der Waals surface area contributed by atoms with Crippen LogP contribution >= 0.6 is 0 Å². The van der Waals surface area contributed by atoms with Crippen molar-refractivity contribution < 1.29 is 4.79 Å². The summed E-state index contributed by atoms with van der Waals surface area (Å²) in [6, 6.07) is 26.0. The predicted octanol–water partition coefficient (Wildman–Crippen LogP) is 5.28. The van der Waals surface area contributed by atoms with Gasteiger partial charge in [-0.3, -0.25) is 4.79 Å². The molecule has 0 radical (unpaired) electrons. The molecule has 5 aromatic rings. The number of carbonyl (C=O) groups excluding carboxylic acids is 1. The van der Waals surface area contributed by atoms with E-state index >= 15 is 0 Å². The van der Waals surface area contributed by atoms with Crippen LogP contribution < -0.4 is 5.32 Å². The summed E-state index contributed by atoms with van der Waals surface area (Å²) in [6.07, 6.45) is 4.30. The summed E-state index contributed by atoms with van der Waals surface area (Å²) < 4.78 is 2.15. The quantitative estimate of drug-likeness (QED) is 0.375. The molecule has 2 N–H and O–H groups in total. The maximum absolute atomic E-state index is 12.9. The Hall–Kier alpha value is -3.86. The number of nitrogens with one attached hydrogen (secondary N) is 2. The number of aromatic nitrogens is 3. The third-order valence-electron chi connectivity index (χ3n) is 5.95. The molecule has 1 amide bonds. The molecule has 2 aromatic heterocycles. The van der Waals surface area contributed by atoms with E-state index < -0.39 is 0 Å². The van der Waals surface area contributed by atoms with Gasteiger partial charge < -0.3 is 14.9 Å². The van der Waals surface area contributed by atoms with Gasteiger partial charge in [0, 0.05) is 30.6 Å². The van der Waals surface area contributed by atoms with Crippen molar-refractivity contribution in [2.75, 3.05) is 0 Å². The number of rotatable bonds is 7. The van der Waals surface area contributed by atoms with Gasteiger partial charge >= 0.3 is 0 Å². The van der Waals surface area contributed by atoms with Crippen LogP contribution in [0.4, 0.5) is 0 Å². The highest BCUT2D eigenvalue weighted by atomic mass is 16.1. The zero-order chi connectivity index (χ0) is 21.9. The Labute approximate surface area is 187 Å². The first kappa shape index (κ1) is 20.1. The Bertz CT molecular complexity index is 1330. The number of para-hydroxylation sites is 3. The molecular weight excluding hydrogens is 396 g/mol. The van der Waals surface area contributed by atoms with E-state index in [4.69, 9.17) is 4.98 Å². The molecule has 0 fully saturated rings. The molecule has 0 bridgehead atoms. The van der Waals surface area contributed by atoms with Gasteiger partial charge in [-0.05, 0) is 42.2 Å². The van der Waals surface area contributed by atoms with Crippen molar-refractivity contribution >= 4 is 27.8 Å². The Balaban J connectivity index is 1.30. The number of aryl methyl sites for hydroxylation is 2. The Morgan fingerprint density at radius 3 is 2.59 bits per heavy atom. The number of hydrogen-bond donors (Lipinski definition) is 2. The molecule has 0 aliphatic heterocycles. The van der Waals surface area contributed by atoms with Gasteiger partial charge in [-0.1, -0.05) is 60.7 Å². The number of aromatic amines is 1. The second kappa shape index (κ2) is 8.71. The summed E-state index contributed by atoms with van der Waals surface area (Å²) >= 11 is 0. The number of carbonyl (C=O) groups is 1. The fourth-order valence-electron chi connectivity index (χ4n) is 4.36. The molecule has 0 aliphatic carbocycles. The molecule has 32 heavy (non-hydrogen) atoms. The summed E-state index contributed by atoms with van der Waals surface area (Å²) in [4.78, 5) is 21.0. The van der Waals surface area contributed by atoms with Crippen molar-refractivity contribution in [3.8, 4) is 0 Å². The monoisotopic (exact) mass is 422 g/mol. The van der Waals surface area contributed by atoms with Crippen molar-refractivity contribution in [1.29, 1.82) is 0 Å². The fourth-order valence-corrected chi connectivity index (χ4v) is 4.36. The minimum atomic E-state index is -0.311. The first-order valence-electron chi connectivity index (χ1n) is 11.0. The second-order valence-corrected chi connectivity index (χ2v) is 8.19. The molecule has 160 valence electrons. The predicted molar refractivity (Wildman–Crippen MR) is 128 cm³/mol.